The summed E-state index contributed by atoms with van der Waals surface area (Å²) in [5, 5.41) is 14.2. The molecule has 0 saturated carbocycles. The second-order valence-electron chi connectivity index (χ2n) is 8.44. The monoisotopic (exact) mass is 447 g/mol. The number of fused-ring (bicyclic) bond motifs is 1. The van der Waals surface area contributed by atoms with Crippen LogP contribution >= 0.6 is 0 Å². The number of piperidine rings is 1. The van der Waals surface area contributed by atoms with Gasteiger partial charge in [0.15, 0.2) is 5.65 Å². The molecule has 1 aliphatic rings. The highest BCUT2D eigenvalue weighted by atomic mass is 19.4. The predicted octanol–water partition coefficient (Wildman–Crippen LogP) is 4.54. The van der Waals surface area contributed by atoms with E-state index in [-0.39, 0.29) is 5.92 Å². The van der Waals surface area contributed by atoms with Gasteiger partial charge in [-0.1, -0.05) is 13.8 Å². The lowest BCUT2D eigenvalue weighted by Gasteiger charge is -2.34. The third-order valence-corrected chi connectivity index (χ3v) is 5.80. The lowest BCUT2D eigenvalue weighted by atomic mass is 9.96. The second kappa shape index (κ2) is 8.07. The molecule has 0 aliphatic carbocycles. The summed E-state index contributed by atoms with van der Waals surface area (Å²) in [6, 6.07) is 3.99. The SMILES string of the molecule is Cc1nc2cc(-c3ccc(C(F)(F)F)nc3)nn2c(N2CCCC(C(=O)O)C2)c1C(C)C. The number of anilines is 1. The number of nitrogens with zero attached hydrogens (tertiary/aromatic N) is 5. The van der Waals surface area contributed by atoms with E-state index in [1.54, 1.807) is 10.6 Å². The molecule has 32 heavy (non-hydrogen) atoms. The molecule has 0 amide bonds. The molecule has 4 heterocycles. The molecule has 0 aromatic carbocycles. The fourth-order valence-corrected chi connectivity index (χ4v) is 4.32. The van der Waals surface area contributed by atoms with Crippen molar-refractivity contribution in [1.82, 2.24) is 19.6 Å². The Morgan fingerprint density at radius 2 is 2.03 bits per heavy atom. The van der Waals surface area contributed by atoms with E-state index in [1.165, 1.54) is 6.07 Å². The molecule has 0 spiro atoms. The highest BCUT2D eigenvalue weighted by Crippen LogP contribution is 2.35. The number of hydrogen-bond acceptors (Lipinski definition) is 5. The summed E-state index contributed by atoms with van der Waals surface area (Å²) in [5.41, 5.74) is 2.28. The summed E-state index contributed by atoms with van der Waals surface area (Å²) in [6.45, 7) is 7.05. The summed E-state index contributed by atoms with van der Waals surface area (Å²) in [6.07, 6.45) is -1.99. The van der Waals surface area contributed by atoms with Crippen molar-refractivity contribution in [3.63, 3.8) is 0 Å². The molecule has 1 saturated heterocycles. The second-order valence-corrected chi connectivity index (χ2v) is 8.44. The first-order valence-electron chi connectivity index (χ1n) is 10.5. The first-order valence-corrected chi connectivity index (χ1v) is 10.5. The van der Waals surface area contributed by atoms with Crippen molar-refractivity contribution in [3.8, 4) is 11.3 Å². The van der Waals surface area contributed by atoms with Crippen molar-refractivity contribution in [1.29, 1.82) is 0 Å². The average molecular weight is 447 g/mol. The van der Waals surface area contributed by atoms with Gasteiger partial charge in [-0.3, -0.25) is 9.78 Å². The maximum Gasteiger partial charge on any atom is 0.433 e. The molecule has 1 N–H and O–H groups in total. The first kappa shape index (κ1) is 22.0. The fourth-order valence-electron chi connectivity index (χ4n) is 4.32. The predicted molar refractivity (Wildman–Crippen MR) is 113 cm³/mol. The van der Waals surface area contributed by atoms with E-state index in [1.807, 2.05) is 25.7 Å². The van der Waals surface area contributed by atoms with Crippen LogP contribution in [0, 0.1) is 12.8 Å². The lowest BCUT2D eigenvalue weighted by Crippen LogP contribution is -2.40. The van der Waals surface area contributed by atoms with Crippen LogP contribution < -0.4 is 4.90 Å². The number of alkyl halides is 3. The average Bonchev–Trinajstić information content (AvgIpc) is 3.15. The molecule has 3 aromatic rings. The van der Waals surface area contributed by atoms with Crippen LogP contribution in [0.25, 0.3) is 16.9 Å². The van der Waals surface area contributed by atoms with Gasteiger partial charge in [0.25, 0.3) is 0 Å². The van der Waals surface area contributed by atoms with Gasteiger partial charge in [0, 0.05) is 42.2 Å². The van der Waals surface area contributed by atoms with E-state index in [0.29, 0.717) is 36.4 Å². The number of carboxylic acids is 1. The van der Waals surface area contributed by atoms with Crippen LogP contribution in [0.15, 0.2) is 24.4 Å². The standard InChI is InChI=1S/C22H24F3N5O2/c1-12(2)19-13(3)27-18-9-16(14-6-7-17(26-10-14)22(23,24)25)28-30(18)20(19)29-8-4-5-15(11-29)21(31)32/h6-7,9-10,12,15H,4-5,8,11H2,1-3H3,(H,31,32). The smallest absolute Gasteiger partial charge is 0.433 e. The maximum atomic E-state index is 12.9. The zero-order valence-corrected chi connectivity index (χ0v) is 18.0. The summed E-state index contributed by atoms with van der Waals surface area (Å²) in [7, 11) is 0. The quantitative estimate of drug-likeness (QED) is 0.632. The fraction of sp³-hybridized carbons (Fsp3) is 0.455. The molecule has 1 unspecified atom stereocenters. The summed E-state index contributed by atoms with van der Waals surface area (Å²) >= 11 is 0. The number of aromatic nitrogens is 4. The van der Waals surface area contributed by atoms with Crippen LogP contribution in [0.2, 0.25) is 0 Å². The van der Waals surface area contributed by atoms with Crippen molar-refractivity contribution < 1.29 is 23.1 Å². The van der Waals surface area contributed by atoms with Crippen LogP contribution in [0.5, 0.6) is 0 Å². The van der Waals surface area contributed by atoms with Gasteiger partial charge in [0.2, 0.25) is 0 Å². The number of carbonyl (C=O) groups is 1. The maximum absolute atomic E-state index is 12.9. The highest BCUT2D eigenvalue weighted by Gasteiger charge is 2.33. The summed E-state index contributed by atoms with van der Waals surface area (Å²) in [5.74, 6) is -0.381. The Balaban J connectivity index is 1.84. The zero-order chi connectivity index (χ0) is 23.2. The molecule has 0 radical (unpaired) electrons. The van der Waals surface area contributed by atoms with Gasteiger partial charge in [-0.15, -0.1) is 0 Å². The Hall–Kier alpha value is -3.17. The van der Waals surface area contributed by atoms with Crippen LogP contribution in [0.4, 0.5) is 19.0 Å². The Labute approximate surface area is 182 Å². The third-order valence-electron chi connectivity index (χ3n) is 5.80. The van der Waals surface area contributed by atoms with Gasteiger partial charge in [0.1, 0.15) is 11.5 Å². The van der Waals surface area contributed by atoms with Gasteiger partial charge in [0.05, 0.1) is 11.6 Å². The summed E-state index contributed by atoms with van der Waals surface area (Å²) < 4.78 is 40.3. The van der Waals surface area contributed by atoms with Crippen molar-refractivity contribution >= 4 is 17.4 Å². The Morgan fingerprint density at radius 1 is 1.28 bits per heavy atom. The van der Waals surface area contributed by atoms with E-state index in [0.717, 1.165) is 35.8 Å². The number of carboxylic acid groups (broad SMARTS) is 1. The molecule has 170 valence electrons. The topological polar surface area (TPSA) is 83.6 Å². The van der Waals surface area contributed by atoms with Gasteiger partial charge in [-0.05, 0) is 37.8 Å². The number of pyridine rings is 1. The van der Waals surface area contributed by atoms with Crippen LogP contribution in [-0.2, 0) is 11.0 Å². The number of aliphatic carboxylic acids is 1. The van der Waals surface area contributed by atoms with E-state index in [9.17, 15) is 23.1 Å². The van der Waals surface area contributed by atoms with Gasteiger partial charge < -0.3 is 10.0 Å². The van der Waals surface area contributed by atoms with Crippen LogP contribution in [-0.4, -0.2) is 43.7 Å². The minimum Gasteiger partial charge on any atom is -0.481 e. The van der Waals surface area contributed by atoms with Gasteiger partial charge in [-0.25, -0.2) is 4.98 Å². The highest BCUT2D eigenvalue weighted by molar-refractivity contribution is 5.72. The van der Waals surface area contributed by atoms with Crippen molar-refractivity contribution in [3.05, 3.63) is 41.3 Å². The van der Waals surface area contributed by atoms with E-state index >= 15 is 0 Å². The van der Waals surface area contributed by atoms with E-state index in [4.69, 9.17) is 0 Å². The Kier molecular flexibility index (Phi) is 5.56. The van der Waals surface area contributed by atoms with Gasteiger partial charge in [-0.2, -0.15) is 22.8 Å². The summed E-state index contributed by atoms with van der Waals surface area (Å²) in [4.78, 5) is 21.9. The largest absolute Gasteiger partial charge is 0.481 e. The van der Waals surface area contributed by atoms with Crippen molar-refractivity contribution in [2.24, 2.45) is 5.92 Å². The van der Waals surface area contributed by atoms with Crippen molar-refractivity contribution in [2.75, 3.05) is 18.0 Å². The molecule has 1 aliphatic heterocycles. The first-order chi connectivity index (χ1) is 15.1. The molecule has 10 heteroatoms. The van der Waals surface area contributed by atoms with Gasteiger partial charge >= 0.3 is 12.1 Å². The molecule has 3 aromatic heterocycles. The normalized spacial score (nSPS) is 17.3. The third kappa shape index (κ3) is 4.01. The molecule has 4 rings (SSSR count). The van der Waals surface area contributed by atoms with E-state index in [2.05, 4.69) is 15.1 Å². The Morgan fingerprint density at radius 3 is 2.62 bits per heavy atom. The molecule has 7 nitrogen and oxygen atoms in total. The minimum absolute atomic E-state index is 0.118. The van der Waals surface area contributed by atoms with Crippen LogP contribution in [0.3, 0.4) is 0 Å². The Bertz CT molecular complexity index is 1160. The molecule has 1 fully saturated rings. The molecule has 0 bridgehead atoms. The molecular weight excluding hydrogens is 423 g/mol. The number of rotatable bonds is 4. The minimum atomic E-state index is -4.51. The lowest BCUT2D eigenvalue weighted by molar-refractivity contribution is -0.142. The number of aryl methyl sites for hydroxylation is 1. The van der Waals surface area contributed by atoms with E-state index < -0.39 is 23.8 Å². The number of hydrogen-bond donors (Lipinski definition) is 1. The number of halogens is 3. The molecule has 1 atom stereocenters. The molecular formula is C22H24F3N5O2. The zero-order valence-electron chi connectivity index (χ0n) is 18.0. The van der Waals surface area contributed by atoms with Crippen molar-refractivity contribution in [2.45, 2.75) is 45.7 Å². The van der Waals surface area contributed by atoms with Crippen LogP contribution in [0.1, 0.15) is 49.6 Å².